The SMILES string of the molecule is O=CNC1CNC1=O. The Bertz CT molecular complexity index is 123. The van der Waals surface area contributed by atoms with E-state index in [1.807, 2.05) is 0 Å². The molecule has 0 aromatic heterocycles. The Morgan fingerprint density at radius 2 is 2.62 bits per heavy atom. The zero-order valence-electron chi connectivity index (χ0n) is 4.18. The smallest absolute Gasteiger partial charge is 0.244 e. The maximum absolute atomic E-state index is 10.3. The van der Waals surface area contributed by atoms with Crippen molar-refractivity contribution >= 4 is 12.3 Å². The van der Waals surface area contributed by atoms with Gasteiger partial charge in [-0.2, -0.15) is 0 Å². The molecule has 8 heavy (non-hydrogen) atoms. The normalized spacial score (nSPS) is 25.5. The van der Waals surface area contributed by atoms with Gasteiger partial charge in [0, 0.05) is 6.54 Å². The molecule has 0 saturated carbocycles. The average molecular weight is 114 g/mol. The van der Waals surface area contributed by atoms with Crippen LogP contribution in [0.15, 0.2) is 0 Å². The maximum atomic E-state index is 10.3. The van der Waals surface area contributed by atoms with Gasteiger partial charge < -0.3 is 10.6 Å². The minimum Gasteiger partial charge on any atom is -0.352 e. The molecule has 2 N–H and O–H groups in total. The lowest BCUT2D eigenvalue weighted by Gasteiger charge is -2.24. The van der Waals surface area contributed by atoms with Crippen LogP contribution in [0.4, 0.5) is 0 Å². The first-order valence-corrected chi connectivity index (χ1v) is 2.32. The number of rotatable bonds is 2. The van der Waals surface area contributed by atoms with E-state index >= 15 is 0 Å². The quantitative estimate of drug-likeness (QED) is 0.330. The van der Waals surface area contributed by atoms with Crippen LogP contribution >= 0.6 is 0 Å². The highest BCUT2D eigenvalue weighted by atomic mass is 16.2. The molecule has 1 aliphatic heterocycles. The van der Waals surface area contributed by atoms with Crippen molar-refractivity contribution < 1.29 is 9.59 Å². The van der Waals surface area contributed by atoms with Crippen LogP contribution in [0.1, 0.15) is 0 Å². The third kappa shape index (κ3) is 0.641. The summed E-state index contributed by atoms with van der Waals surface area (Å²) in [5.41, 5.74) is 0. The topological polar surface area (TPSA) is 58.2 Å². The first-order valence-electron chi connectivity index (χ1n) is 2.32. The van der Waals surface area contributed by atoms with Gasteiger partial charge in [0.05, 0.1) is 0 Å². The number of amides is 2. The van der Waals surface area contributed by atoms with Crippen LogP contribution in [0.3, 0.4) is 0 Å². The Morgan fingerprint density at radius 1 is 1.88 bits per heavy atom. The van der Waals surface area contributed by atoms with E-state index in [2.05, 4.69) is 10.6 Å². The number of nitrogens with one attached hydrogen (secondary N) is 2. The number of hydrogen-bond donors (Lipinski definition) is 2. The van der Waals surface area contributed by atoms with Gasteiger partial charge in [0.25, 0.3) is 0 Å². The second kappa shape index (κ2) is 1.81. The Labute approximate surface area is 46.3 Å². The van der Waals surface area contributed by atoms with Crippen LogP contribution in [-0.2, 0) is 9.59 Å². The van der Waals surface area contributed by atoms with Crippen molar-refractivity contribution in [1.29, 1.82) is 0 Å². The van der Waals surface area contributed by atoms with Gasteiger partial charge in [-0.25, -0.2) is 0 Å². The average Bonchev–Trinajstić information content (AvgIpc) is 1.79. The molecule has 0 aromatic rings. The molecular formula is C4H6N2O2. The molecule has 1 atom stereocenters. The van der Waals surface area contributed by atoms with Crippen molar-refractivity contribution in [2.45, 2.75) is 6.04 Å². The summed E-state index contributed by atoms with van der Waals surface area (Å²) in [6.07, 6.45) is 0.531. The zero-order valence-corrected chi connectivity index (χ0v) is 4.18. The van der Waals surface area contributed by atoms with Crippen LogP contribution < -0.4 is 10.6 Å². The number of carbonyl (C=O) groups excluding carboxylic acids is 2. The number of hydrogen-bond acceptors (Lipinski definition) is 2. The van der Waals surface area contributed by atoms with E-state index in [1.54, 1.807) is 0 Å². The van der Waals surface area contributed by atoms with E-state index in [-0.39, 0.29) is 11.9 Å². The molecule has 1 unspecified atom stereocenters. The van der Waals surface area contributed by atoms with Crippen molar-refractivity contribution in [3.05, 3.63) is 0 Å². The standard InChI is InChI=1S/C4H6N2O2/c7-2-6-3-1-5-4(3)8/h2-3H,1H2,(H,5,8)(H,6,7). The third-order valence-electron chi connectivity index (χ3n) is 1.07. The molecular weight excluding hydrogens is 108 g/mol. The summed E-state index contributed by atoms with van der Waals surface area (Å²) < 4.78 is 0. The van der Waals surface area contributed by atoms with Crippen LogP contribution in [0.25, 0.3) is 0 Å². The molecule has 44 valence electrons. The van der Waals surface area contributed by atoms with Crippen molar-refractivity contribution in [1.82, 2.24) is 10.6 Å². The Hall–Kier alpha value is -1.06. The second-order valence-corrected chi connectivity index (χ2v) is 1.58. The maximum Gasteiger partial charge on any atom is 0.244 e. The van der Waals surface area contributed by atoms with Gasteiger partial charge in [0.2, 0.25) is 12.3 Å². The van der Waals surface area contributed by atoms with E-state index in [9.17, 15) is 9.59 Å². The Kier molecular flexibility index (Phi) is 1.15. The third-order valence-corrected chi connectivity index (χ3v) is 1.07. The molecule has 1 saturated heterocycles. The summed E-state index contributed by atoms with van der Waals surface area (Å²) in [5.74, 6) is -0.0999. The predicted octanol–water partition coefficient (Wildman–Crippen LogP) is -1.77. The lowest BCUT2D eigenvalue weighted by molar-refractivity contribution is -0.130. The summed E-state index contributed by atoms with van der Waals surface area (Å²) in [4.78, 5) is 20.0. The van der Waals surface area contributed by atoms with Gasteiger partial charge in [-0.05, 0) is 0 Å². The highest BCUT2D eigenvalue weighted by Crippen LogP contribution is 1.89. The van der Waals surface area contributed by atoms with Crippen LogP contribution in [0.2, 0.25) is 0 Å². The molecule has 2 amide bonds. The second-order valence-electron chi connectivity index (χ2n) is 1.58. The lowest BCUT2D eigenvalue weighted by atomic mass is 10.2. The van der Waals surface area contributed by atoms with Gasteiger partial charge >= 0.3 is 0 Å². The molecule has 4 nitrogen and oxygen atoms in total. The summed E-state index contributed by atoms with van der Waals surface area (Å²) in [5, 5.41) is 4.82. The van der Waals surface area contributed by atoms with Crippen molar-refractivity contribution in [3.63, 3.8) is 0 Å². The van der Waals surface area contributed by atoms with E-state index in [0.29, 0.717) is 13.0 Å². The van der Waals surface area contributed by atoms with Crippen LogP contribution in [0, 0.1) is 0 Å². The molecule has 1 aliphatic rings. The molecule has 4 heteroatoms. The fourth-order valence-electron chi connectivity index (χ4n) is 0.504. The lowest BCUT2D eigenvalue weighted by Crippen LogP contribution is -2.60. The van der Waals surface area contributed by atoms with E-state index < -0.39 is 0 Å². The Balaban J connectivity index is 2.26. The molecule has 0 aliphatic carbocycles. The zero-order chi connectivity index (χ0) is 5.98. The molecule has 1 heterocycles. The molecule has 1 fully saturated rings. The highest BCUT2D eigenvalue weighted by Gasteiger charge is 2.25. The van der Waals surface area contributed by atoms with Crippen molar-refractivity contribution in [2.75, 3.05) is 6.54 Å². The van der Waals surface area contributed by atoms with Crippen LogP contribution in [-0.4, -0.2) is 24.9 Å². The van der Waals surface area contributed by atoms with E-state index in [0.717, 1.165) is 0 Å². The van der Waals surface area contributed by atoms with Crippen molar-refractivity contribution in [2.24, 2.45) is 0 Å². The minimum atomic E-state index is -0.271. The molecule has 1 rings (SSSR count). The monoisotopic (exact) mass is 114 g/mol. The van der Waals surface area contributed by atoms with E-state index in [1.165, 1.54) is 0 Å². The minimum absolute atomic E-state index is 0.0999. The number of β-lactam (4-membered cyclic amide) rings is 1. The van der Waals surface area contributed by atoms with Crippen molar-refractivity contribution in [3.8, 4) is 0 Å². The molecule has 0 aromatic carbocycles. The molecule has 0 radical (unpaired) electrons. The first kappa shape index (κ1) is 5.08. The fraction of sp³-hybridized carbons (Fsp3) is 0.500. The highest BCUT2D eigenvalue weighted by molar-refractivity contribution is 5.89. The largest absolute Gasteiger partial charge is 0.352 e. The number of carbonyl (C=O) groups is 2. The fourth-order valence-corrected chi connectivity index (χ4v) is 0.504. The Morgan fingerprint density at radius 3 is 2.75 bits per heavy atom. The molecule has 0 spiro atoms. The van der Waals surface area contributed by atoms with Gasteiger partial charge in [0.15, 0.2) is 0 Å². The summed E-state index contributed by atoms with van der Waals surface area (Å²) in [7, 11) is 0. The van der Waals surface area contributed by atoms with Gasteiger partial charge in [0.1, 0.15) is 6.04 Å². The predicted molar refractivity (Wildman–Crippen MR) is 26.0 cm³/mol. The van der Waals surface area contributed by atoms with E-state index in [4.69, 9.17) is 0 Å². The van der Waals surface area contributed by atoms with Gasteiger partial charge in [-0.3, -0.25) is 9.59 Å². The summed E-state index contributed by atoms with van der Waals surface area (Å²) >= 11 is 0. The van der Waals surface area contributed by atoms with Crippen LogP contribution in [0.5, 0.6) is 0 Å². The summed E-state index contributed by atoms with van der Waals surface area (Å²) in [6, 6.07) is -0.271. The van der Waals surface area contributed by atoms with Gasteiger partial charge in [-0.1, -0.05) is 0 Å². The van der Waals surface area contributed by atoms with Gasteiger partial charge in [-0.15, -0.1) is 0 Å². The molecule has 0 bridgehead atoms. The summed E-state index contributed by atoms with van der Waals surface area (Å²) in [6.45, 7) is 0.567. The first-order chi connectivity index (χ1) is 3.84.